The van der Waals surface area contributed by atoms with E-state index in [1.165, 1.54) is 4.80 Å². The Bertz CT molecular complexity index is 791. The molecular formula is C15H14N6. The fraction of sp³-hybridized carbons (Fsp3) is 0.0667. The zero-order chi connectivity index (χ0) is 14.8. The summed E-state index contributed by atoms with van der Waals surface area (Å²) in [5, 5.41) is 20.0. The molecule has 0 saturated carbocycles. The maximum atomic E-state index is 7.50. The molecular weight excluding hydrogens is 264 g/mol. The van der Waals surface area contributed by atoms with E-state index < -0.39 is 0 Å². The lowest BCUT2D eigenvalue weighted by Gasteiger charge is -2.05. The van der Waals surface area contributed by atoms with E-state index in [-0.39, 0.29) is 5.84 Å². The van der Waals surface area contributed by atoms with Gasteiger partial charge in [-0.25, -0.2) is 0 Å². The highest BCUT2D eigenvalue weighted by molar-refractivity contribution is 5.96. The highest BCUT2D eigenvalue weighted by Gasteiger charge is 2.09. The number of aryl methyl sites for hydroxylation is 1. The molecule has 0 amide bonds. The van der Waals surface area contributed by atoms with E-state index in [9.17, 15) is 0 Å². The van der Waals surface area contributed by atoms with Crippen molar-refractivity contribution in [3.8, 4) is 17.1 Å². The summed E-state index contributed by atoms with van der Waals surface area (Å²) in [7, 11) is 0. The second-order valence-electron chi connectivity index (χ2n) is 4.68. The molecule has 0 unspecified atom stereocenters. The van der Waals surface area contributed by atoms with Crippen LogP contribution in [0.15, 0.2) is 48.5 Å². The molecule has 1 aromatic heterocycles. The van der Waals surface area contributed by atoms with Crippen LogP contribution in [0.1, 0.15) is 11.1 Å². The average Bonchev–Trinajstić information content (AvgIpc) is 2.97. The number of hydrogen-bond acceptors (Lipinski definition) is 4. The molecule has 0 spiro atoms. The van der Waals surface area contributed by atoms with Gasteiger partial charge in [-0.05, 0) is 35.9 Å². The van der Waals surface area contributed by atoms with Crippen LogP contribution in [0.2, 0.25) is 0 Å². The molecule has 0 radical (unpaired) electrons. The summed E-state index contributed by atoms with van der Waals surface area (Å²) in [6.45, 7) is 1.90. The molecule has 0 atom stereocenters. The minimum atomic E-state index is 0.0515. The molecule has 0 saturated heterocycles. The van der Waals surface area contributed by atoms with Gasteiger partial charge in [-0.15, -0.1) is 15.0 Å². The first-order valence-corrected chi connectivity index (χ1v) is 6.46. The zero-order valence-corrected chi connectivity index (χ0v) is 11.5. The molecule has 0 fully saturated rings. The van der Waals surface area contributed by atoms with Crippen molar-refractivity contribution in [1.29, 1.82) is 5.41 Å². The van der Waals surface area contributed by atoms with Gasteiger partial charge >= 0.3 is 0 Å². The van der Waals surface area contributed by atoms with Gasteiger partial charge < -0.3 is 5.73 Å². The third-order valence-corrected chi connectivity index (χ3v) is 3.18. The standard InChI is InChI=1S/C15H14N6/c1-10-9-12(7-8-13(10)14(16)17)21-19-15(18-20-21)11-5-3-2-4-6-11/h2-9H,1H3,(H3,16,17). The first-order chi connectivity index (χ1) is 10.1. The Balaban J connectivity index is 1.97. The van der Waals surface area contributed by atoms with Crippen molar-refractivity contribution in [1.82, 2.24) is 20.2 Å². The predicted molar refractivity (Wildman–Crippen MR) is 80.3 cm³/mol. The second-order valence-corrected chi connectivity index (χ2v) is 4.68. The molecule has 0 aliphatic heterocycles. The Morgan fingerprint density at radius 1 is 1.14 bits per heavy atom. The number of hydrogen-bond donors (Lipinski definition) is 2. The summed E-state index contributed by atoms with van der Waals surface area (Å²) in [6.07, 6.45) is 0. The smallest absolute Gasteiger partial charge is 0.205 e. The van der Waals surface area contributed by atoms with Crippen molar-refractivity contribution >= 4 is 5.84 Å². The molecule has 1 heterocycles. The fourth-order valence-corrected chi connectivity index (χ4v) is 2.10. The molecule has 0 aliphatic rings. The maximum absolute atomic E-state index is 7.50. The van der Waals surface area contributed by atoms with Crippen LogP contribution in [0.5, 0.6) is 0 Å². The number of nitrogens with zero attached hydrogens (tertiary/aromatic N) is 4. The summed E-state index contributed by atoms with van der Waals surface area (Å²) >= 11 is 0. The van der Waals surface area contributed by atoms with Crippen LogP contribution in [-0.4, -0.2) is 26.0 Å². The van der Waals surface area contributed by atoms with Crippen LogP contribution >= 0.6 is 0 Å². The Kier molecular flexibility index (Phi) is 3.19. The van der Waals surface area contributed by atoms with Crippen LogP contribution in [0.4, 0.5) is 0 Å². The van der Waals surface area contributed by atoms with Gasteiger partial charge in [0.2, 0.25) is 5.82 Å². The Hall–Kier alpha value is -3.02. The van der Waals surface area contributed by atoms with Gasteiger partial charge in [0.05, 0.1) is 5.69 Å². The number of tetrazole rings is 1. The predicted octanol–water partition coefficient (Wildman–Crippen LogP) is 1.92. The summed E-state index contributed by atoms with van der Waals surface area (Å²) in [4.78, 5) is 1.47. The van der Waals surface area contributed by atoms with Crippen molar-refractivity contribution in [2.45, 2.75) is 6.92 Å². The van der Waals surface area contributed by atoms with Crippen molar-refractivity contribution in [2.24, 2.45) is 5.73 Å². The minimum absolute atomic E-state index is 0.0515. The van der Waals surface area contributed by atoms with E-state index in [0.29, 0.717) is 11.4 Å². The number of amidine groups is 1. The number of benzene rings is 2. The monoisotopic (exact) mass is 278 g/mol. The SMILES string of the molecule is Cc1cc(-n2nnc(-c3ccccc3)n2)ccc1C(=N)N. The minimum Gasteiger partial charge on any atom is -0.384 e. The van der Waals surface area contributed by atoms with Crippen LogP contribution in [0.3, 0.4) is 0 Å². The number of nitrogen functional groups attached to an aromatic ring is 1. The Morgan fingerprint density at radius 2 is 1.90 bits per heavy atom. The number of nitrogens with two attached hydrogens (primary N) is 1. The van der Waals surface area contributed by atoms with Gasteiger partial charge in [0.25, 0.3) is 0 Å². The highest BCUT2D eigenvalue weighted by atomic mass is 15.6. The molecule has 0 aliphatic carbocycles. The fourth-order valence-electron chi connectivity index (χ4n) is 2.10. The lowest BCUT2D eigenvalue weighted by atomic mass is 10.1. The molecule has 3 N–H and O–H groups in total. The lowest BCUT2D eigenvalue weighted by molar-refractivity contribution is 0.719. The molecule has 6 heteroatoms. The van der Waals surface area contributed by atoms with Crippen LogP contribution in [0, 0.1) is 12.3 Å². The third kappa shape index (κ3) is 2.51. The molecule has 3 rings (SSSR count). The van der Waals surface area contributed by atoms with E-state index >= 15 is 0 Å². The van der Waals surface area contributed by atoms with Crippen LogP contribution < -0.4 is 5.73 Å². The zero-order valence-electron chi connectivity index (χ0n) is 11.5. The summed E-state index contributed by atoms with van der Waals surface area (Å²) in [5.74, 6) is 0.625. The van der Waals surface area contributed by atoms with Crippen molar-refractivity contribution in [2.75, 3.05) is 0 Å². The molecule has 3 aromatic rings. The van der Waals surface area contributed by atoms with Crippen molar-refractivity contribution < 1.29 is 0 Å². The second kappa shape index (κ2) is 5.16. The quantitative estimate of drug-likeness (QED) is 0.565. The highest BCUT2D eigenvalue weighted by Crippen LogP contribution is 2.16. The number of aromatic nitrogens is 4. The van der Waals surface area contributed by atoms with E-state index in [2.05, 4.69) is 15.4 Å². The summed E-state index contributed by atoms with van der Waals surface area (Å²) in [5.41, 5.74) is 8.83. The first kappa shape index (κ1) is 13.0. The van der Waals surface area contributed by atoms with Crippen molar-refractivity contribution in [3.05, 3.63) is 59.7 Å². The topological polar surface area (TPSA) is 93.5 Å². The average molecular weight is 278 g/mol. The van der Waals surface area contributed by atoms with E-state index in [0.717, 1.165) is 16.8 Å². The number of rotatable bonds is 3. The maximum Gasteiger partial charge on any atom is 0.205 e. The summed E-state index contributed by atoms with van der Waals surface area (Å²) in [6, 6.07) is 15.2. The normalized spacial score (nSPS) is 10.5. The van der Waals surface area contributed by atoms with Gasteiger partial charge in [0, 0.05) is 11.1 Å². The van der Waals surface area contributed by atoms with E-state index in [1.54, 1.807) is 6.07 Å². The van der Waals surface area contributed by atoms with Gasteiger partial charge in [0.1, 0.15) is 5.84 Å². The largest absolute Gasteiger partial charge is 0.384 e. The Morgan fingerprint density at radius 3 is 2.57 bits per heavy atom. The molecule has 0 bridgehead atoms. The van der Waals surface area contributed by atoms with Gasteiger partial charge in [-0.3, -0.25) is 5.41 Å². The third-order valence-electron chi connectivity index (χ3n) is 3.18. The number of nitrogens with one attached hydrogen (secondary N) is 1. The molecule has 6 nitrogen and oxygen atoms in total. The van der Waals surface area contributed by atoms with Crippen molar-refractivity contribution in [3.63, 3.8) is 0 Å². The van der Waals surface area contributed by atoms with E-state index in [1.807, 2.05) is 49.4 Å². The van der Waals surface area contributed by atoms with E-state index in [4.69, 9.17) is 11.1 Å². The lowest BCUT2D eigenvalue weighted by Crippen LogP contribution is -2.13. The van der Waals surface area contributed by atoms with Gasteiger partial charge in [0.15, 0.2) is 0 Å². The van der Waals surface area contributed by atoms with Gasteiger partial charge in [-0.2, -0.15) is 0 Å². The molecule has 21 heavy (non-hydrogen) atoms. The molecule has 2 aromatic carbocycles. The Labute approximate surface area is 121 Å². The van der Waals surface area contributed by atoms with Crippen LogP contribution in [-0.2, 0) is 0 Å². The molecule has 104 valence electrons. The summed E-state index contributed by atoms with van der Waals surface area (Å²) < 4.78 is 0. The van der Waals surface area contributed by atoms with Crippen LogP contribution in [0.25, 0.3) is 17.1 Å². The first-order valence-electron chi connectivity index (χ1n) is 6.46. The van der Waals surface area contributed by atoms with Gasteiger partial charge in [-0.1, -0.05) is 30.3 Å².